The predicted molar refractivity (Wildman–Crippen MR) is 94.3 cm³/mol. The van der Waals surface area contributed by atoms with Gasteiger partial charge in [-0.15, -0.1) is 22.7 Å². The van der Waals surface area contributed by atoms with Gasteiger partial charge in [0.15, 0.2) is 4.80 Å². The molecule has 0 fully saturated rings. The van der Waals surface area contributed by atoms with Gasteiger partial charge in [0.2, 0.25) is 0 Å². The summed E-state index contributed by atoms with van der Waals surface area (Å²) in [4.78, 5) is 23.7. The van der Waals surface area contributed by atoms with Crippen molar-refractivity contribution in [2.24, 2.45) is 12.0 Å². The average molecular weight is 359 g/mol. The summed E-state index contributed by atoms with van der Waals surface area (Å²) < 4.78 is 4.08. The summed E-state index contributed by atoms with van der Waals surface area (Å²) in [6.07, 6.45) is 3.87. The van der Waals surface area contributed by atoms with E-state index >= 15 is 0 Å². The molecule has 1 amide bonds. The zero-order valence-electron chi connectivity index (χ0n) is 13.7. The van der Waals surface area contributed by atoms with Gasteiger partial charge >= 0.3 is 0 Å². The molecule has 0 aromatic carbocycles. The molecule has 4 rings (SSSR count). The molecule has 0 aliphatic heterocycles. The van der Waals surface area contributed by atoms with Crippen molar-refractivity contribution in [3.05, 3.63) is 37.7 Å². The van der Waals surface area contributed by atoms with Gasteiger partial charge in [0.1, 0.15) is 4.88 Å². The van der Waals surface area contributed by atoms with Crippen LogP contribution in [0.1, 0.15) is 32.9 Å². The Labute approximate surface area is 147 Å². The minimum Gasteiger partial charge on any atom is -0.316 e. The normalized spacial score (nSPS) is 13.9. The molecule has 24 heavy (non-hydrogen) atoms. The number of amides is 1. The van der Waals surface area contributed by atoms with Gasteiger partial charge in [-0.1, -0.05) is 0 Å². The molecular weight excluding hydrogens is 342 g/mol. The Hall–Kier alpha value is -2.06. The van der Waals surface area contributed by atoms with Gasteiger partial charge in [-0.25, -0.2) is 4.98 Å². The van der Waals surface area contributed by atoms with Crippen LogP contribution in [0.3, 0.4) is 0 Å². The number of rotatable bonds is 2. The van der Waals surface area contributed by atoms with Gasteiger partial charge in [-0.05, 0) is 26.7 Å². The maximum Gasteiger partial charge on any atom is 0.291 e. The van der Waals surface area contributed by atoms with E-state index in [9.17, 15) is 4.79 Å². The molecule has 1 aliphatic rings. The minimum atomic E-state index is -0.206. The molecule has 3 aromatic rings. The van der Waals surface area contributed by atoms with Crippen molar-refractivity contribution in [1.82, 2.24) is 19.3 Å². The lowest BCUT2D eigenvalue weighted by Crippen LogP contribution is -2.18. The van der Waals surface area contributed by atoms with Gasteiger partial charge in [-0.2, -0.15) is 10.1 Å². The first-order chi connectivity index (χ1) is 11.6. The van der Waals surface area contributed by atoms with Crippen LogP contribution in [0, 0.1) is 6.92 Å². The fourth-order valence-corrected chi connectivity index (χ4v) is 5.02. The topological polar surface area (TPSA) is 65.1 Å². The monoisotopic (exact) mass is 359 g/mol. The molecule has 0 unspecified atom stereocenters. The molecule has 0 saturated carbocycles. The third kappa shape index (κ3) is 2.29. The summed E-state index contributed by atoms with van der Waals surface area (Å²) in [5.41, 5.74) is 6.02. The maximum atomic E-state index is 12.5. The summed E-state index contributed by atoms with van der Waals surface area (Å²) >= 11 is 2.96. The summed E-state index contributed by atoms with van der Waals surface area (Å²) in [7, 11) is 1.98. The second-order valence-corrected chi connectivity index (χ2v) is 7.63. The van der Waals surface area contributed by atoms with Gasteiger partial charge in [-0.3, -0.25) is 9.48 Å². The average Bonchev–Trinajstić information content (AvgIpc) is 3.24. The molecule has 0 radical (unpaired) electrons. The number of nitrogens with zero attached hydrogens (tertiary/aromatic N) is 5. The standard InChI is InChI=1S/C16H17N5OS2/c1-4-21-13-10-7-18-20(3)11(10)5-6-12(13)24-16(21)19-15(22)14-9(2)17-8-23-14/h7-8H,4-6H2,1-3H3. The largest absolute Gasteiger partial charge is 0.316 e. The summed E-state index contributed by atoms with van der Waals surface area (Å²) in [5, 5.41) is 4.40. The Balaban J connectivity index is 1.88. The first kappa shape index (κ1) is 15.5. The van der Waals surface area contributed by atoms with Crippen LogP contribution in [0.15, 0.2) is 16.7 Å². The van der Waals surface area contributed by atoms with Crippen molar-refractivity contribution in [1.29, 1.82) is 0 Å². The highest BCUT2D eigenvalue weighted by Crippen LogP contribution is 2.34. The number of aryl methyl sites for hydroxylation is 3. The summed E-state index contributed by atoms with van der Waals surface area (Å²) in [6.45, 7) is 4.70. The Kier molecular flexibility index (Phi) is 3.73. The molecule has 3 aromatic heterocycles. The molecular formula is C16H17N5OS2. The van der Waals surface area contributed by atoms with E-state index in [1.54, 1.807) is 16.8 Å². The molecule has 0 spiro atoms. The third-order valence-corrected chi connectivity index (χ3v) is 6.39. The lowest BCUT2D eigenvalue weighted by atomic mass is 10.00. The van der Waals surface area contributed by atoms with Crippen LogP contribution in [0.5, 0.6) is 0 Å². The van der Waals surface area contributed by atoms with E-state index in [0.717, 1.165) is 29.9 Å². The van der Waals surface area contributed by atoms with E-state index < -0.39 is 0 Å². The molecule has 0 saturated heterocycles. The lowest BCUT2D eigenvalue weighted by molar-refractivity contribution is 0.100. The molecule has 0 atom stereocenters. The fraction of sp³-hybridized carbons (Fsp3) is 0.375. The van der Waals surface area contributed by atoms with E-state index in [0.29, 0.717) is 4.88 Å². The van der Waals surface area contributed by atoms with Crippen LogP contribution in [0.2, 0.25) is 0 Å². The van der Waals surface area contributed by atoms with Crippen LogP contribution >= 0.6 is 22.7 Å². The first-order valence-corrected chi connectivity index (χ1v) is 9.52. The van der Waals surface area contributed by atoms with E-state index in [4.69, 9.17) is 0 Å². The molecule has 1 aliphatic carbocycles. The third-order valence-electron chi connectivity index (χ3n) is 4.34. The van der Waals surface area contributed by atoms with Crippen molar-refractivity contribution >= 4 is 28.6 Å². The molecule has 6 nitrogen and oxygen atoms in total. The van der Waals surface area contributed by atoms with E-state index in [1.165, 1.54) is 33.2 Å². The van der Waals surface area contributed by atoms with Crippen molar-refractivity contribution < 1.29 is 4.79 Å². The molecule has 0 bridgehead atoms. The Morgan fingerprint density at radius 3 is 2.96 bits per heavy atom. The molecule has 0 N–H and O–H groups in total. The van der Waals surface area contributed by atoms with E-state index in [2.05, 4.69) is 26.6 Å². The second kappa shape index (κ2) is 5.78. The number of thiazole rings is 2. The Morgan fingerprint density at radius 1 is 1.42 bits per heavy atom. The zero-order valence-corrected chi connectivity index (χ0v) is 15.4. The Morgan fingerprint density at radius 2 is 2.25 bits per heavy atom. The minimum absolute atomic E-state index is 0.206. The van der Waals surface area contributed by atoms with Crippen molar-refractivity contribution in [3.8, 4) is 11.3 Å². The van der Waals surface area contributed by atoms with Gasteiger partial charge in [0.05, 0.1) is 23.1 Å². The quantitative estimate of drug-likeness (QED) is 0.706. The SMILES string of the molecule is CCn1c2c(sc1=NC(=O)c1scnc1C)CCc1c-2cnn1C. The number of carbonyl (C=O) groups is 1. The number of fused-ring (bicyclic) bond motifs is 3. The van der Waals surface area contributed by atoms with Crippen LogP contribution < -0.4 is 4.80 Å². The summed E-state index contributed by atoms with van der Waals surface area (Å²) in [5.74, 6) is -0.206. The highest BCUT2D eigenvalue weighted by Gasteiger charge is 2.25. The van der Waals surface area contributed by atoms with Gasteiger partial charge in [0.25, 0.3) is 5.91 Å². The van der Waals surface area contributed by atoms with E-state index in [1.807, 2.05) is 24.9 Å². The van der Waals surface area contributed by atoms with E-state index in [-0.39, 0.29) is 5.91 Å². The smallest absolute Gasteiger partial charge is 0.291 e. The van der Waals surface area contributed by atoms with Gasteiger partial charge in [0, 0.05) is 29.7 Å². The molecule has 3 heterocycles. The van der Waals surface area contributed by atoms with Crippen LogP contribution in [0.25, 0.3) is 11.3 Å². The van der Waals surface area contributed by atoms with Gasteiger partial charge < -0.3 is 4.57 Å². The number of carbonyl (C=O) groups excluding carboxylic acids is 1. The van der Waals surface area contributed by atoms with Crippen LogP contribution in [-0.4, -0.2) is 25.2 Å². The highest BCUT2D eigenvalue weighted by molar-refractivity contribution is 7.12. The molecule has 124 valence electrons. The lowest BCUT2D eigenvalue weighted by Gasteiger charge is -2.15. The highest BCUT2D eigenvalue weighted by atomic mass is 32.1. The predicted octanol–water partition coefficient (Wildman–Crippen LogP) is 2.57. The second-order valence-electron chi connectivity index (χ2n) is 5.71. The number of aromatic nitrogens is 4. The number of hydrogen-bond acceptors (Lipinski definition) is 5. The maximum absolute atomic E-state index is 12.5. The van der Waals surface area contributed by atoms with Crippen LogP contribution in [0.4, 0.5) is 0 Å². The van der Waals surface area contributed by atoms with Crippen LogP contribution in [-0.2, 0) is 26.4 Å². The van der Waals surface area contributed by atoms with Crippen molar-refractivity contribution in [3.63, 3.8) is 0 Å². The Bertz CT molecular complexity index is 1000. The molecule has 8 heteroatoms. The first-order valence-electron chi connectivity index (χ1n) is 7.83. The van der Waals surface area contributed by atoms with Crippen molar-refractivity contribution in [2.75, 3.05) is 0 Å². The number of hydrogen-bond donors (Lipinski definition) is 0. The zero-order chi connectivity index (χ0) is 16.8. The van der Waals surface area contributed by atoms with Crippen molar-refractivity contribution in [2.45, 2.75) is 33.2 Å². The summed E-state index contributed by atoms with van der Waals surface area (Å²) in [6, 6.07) is 0. The fourth-order valence-electron chi connectivity index (χ4n) is 3.14.